The van der Waals surface area contributed by atoms with Gasteiger partial charge in [0.15, 0.2) is 0 Å². The number of carboxylic acid groups (broad SMARTS) is 1. The molecule has 0 saturated carbocycles. The van der Waals surface area contributed by atoms with Gasteiger partial charge in [-0.3, -0.25) is 4.79 Å². The number of carboxylic acids is 1. The molecule has 0 heterocycles. The summed E-state index contributed by atoms with van der Waals surface area (Å²) in [6, 6.07) is 0. The summed E-state index contributed by atoms with van der Waals surface area (Å²) < 4.78 is 0. The highest BCUT2D eigenvalue weighted by molar-refractivity contribution is 5.78. The fourth-order valence-electron chi connectivity index (χ4n) is 1.82. The first-order valence-corrected chi connectivity index (χ1v) is 7.14. The maximum Gasteiger partial charge on any atom is 0.323 e. The number of likely N-dealkylation sites (N-methyl/N-ethyl adjacent to an activating group) is 1. The molecule has 0 bridgehead atoms. The van der Waals surface area contributed by atoms with Gasteiger partial charge in [0.05, 0.1) is 0 Å². The summed E-state index contributed by atoms with van der Waals surface area (Å²) in [5.74, 6) is -0.768. The Bertz CT molecular complexity index is 226. The molecule has 0 rings (SSSR count). The third-order valence-corrected chi connectivity index (χ3v) is 3.61. The summed E-state index contributed by atoms with van der Waals surface area (Å²) >= 11 is 0. The second kappa shape index (κ2) is 9.34. The summed E-state index contributed by atoms with van der Waals surface area (Å²) in [7, 11) is 1.72. The van der Waals surface area contributed by atoms with E-state index in [0.29, 0.717) is 6.42 Å². The lowest BCUT2D eigenvalue weighted by atomic mass is 9.98. The molecule has 0 aromatic carbocycles. The van der Waals surface area contributed by atoms with Gasteiger partial charge < -0.3 is 15.3 Å². The number of unbranched alkanes of at least 4 members (excludes halogenated alkanes) is 2. The Labute approximate surface area is 112 Å². The number of carbonyl (C=O) groups is 1. The van der Waals surface area contributed by atoms with E-state index in [9.17, 15) is 9.90 Å². The van der Waals surface area contributed by atoms with Crippen LogP contribution in [0.4, 0.5) is 0 Å². The second-order valence-corrected chi connectivity index (χ2v) is 5.19. The average molecular weight is 258 g/mol. The lowest BCUT2D eigenvalue weighted by Gasteiger charge is -2.29. The van der Waals surface area contributed by atoms with E-state index < -0.39 is 11.5 Å². The Balaban J connectivity index is 4.25. The van der Waals surface area contributed by atoms with Crippen molar-refractivity contribution in [1.82, 2.24) is 10.2 Å². The fraction of sp³-hybridized carbons (Fsp3) is 0.929. The van der Waals surface area contributed by atoms with E-state index in [1.165, 1.54) is 25.7 Å². The molecule has 1 unspecified atom stereocenters. The molecule has 4 heteroatoms. The molecule has 0 aromatic rings. The van der Waals surface area contributed by atoms with Crippen LogP contribution < -0.4 is 5.32 Å². The summed E-state index contributed by atoms with van der Waals surface area (Å²) in [5, 5.41) is 12.1. The van der Waals surface area contributed by atoms with Gasteiger partial charge in [0, 0.05) is 6.54 Å². The largest absolute Gasteiger partial charge is 0.480 e. The van der Waals surface area contributed by atoms with Crippen LogP contribution in [-0.4, -0.2) is 48.2 Å². The average Bonchev–Trinajstić information content (AvgIpc) is 2.37. The van der Waals surface area contributed by atoms with Gasteiger partial charge in [-0.2, -0.15) is 0 Å². The van der Waals surface area contributed by atoms with Crippen molar-refractivity contribution in [2.24, 2.45) is 0 Å². The number of hydrogen-bond donors (Lipinski definition) is 2. The lowest BCUT2D eigenvalue weighted by molar-refractivity contribution is -0.144. The highest BCUT2D eigenvalue weighted by Crippen LogP contribution is 2.11. The van der Waals surface area contributed by atoms with E-state index in [0.717, 1.165) is 19.6 Å². The highest BCUT2D eigenvalue weighted by atomic mass is 16.4. The third-order valence-electron chi connectivity index (χ3n) is 3.61. The first kappa shape index (κ1) is 17.4. The second-order valence-electron chi connectivity index (χ2n) is 5.19. The minimum absolute atomic E-state index is 0.645. The van der Waals surface area contributed by atoms with Gasteiger partial charge >= 0.3 is 5.97 Å². The molecule has 0 spiro atoms. The van der Waals surface area contributed by atoms with Crippen molar-refractivity contribution in [3.05, 3.63) is 0 Å². The molecule has 0 amide bonds. The van der Waals surface area contributed by atoms with Gasteiger partial charge in [-0.1, -0.05) is 26.7 Å². The van der Waals surface area contributed by atoms with E-state index in [-0.39, 0.29) is 0 Å². The number of aliphatic carboxylic acids is 1. The van der Waals surface area contributed by atoms with E-state index in [4.69, 9.17) is 0 Å². The van der Waals surface area contributed by atoms with Gasteiger partial charge in [0.25, 0.3) is 0 Å². The molecule has 108 valence electrons. The normalized spacial score (nSPS) is 14.7. The first-order chi connectivity index (χ1) is 8.50. The molecular weight excluding hydrogens is 228 g/mol. The summed E-state index contributed by atoms with van der Waals surface area (Å²) in [4.78, 5) is 13.6. The Hall–Kier alpha value is -0.610. The molecular formula is C14H30N2O2. The summed E-state index contributed by atoms with van der Waals surface area (Å²) in [5.41, 5.74) is -0.809. The lowest BCUT2D eigenvalue weighted by Crippen LogP contribution is -2.49. The topological polar surface area (TPSA) is 52.6 Å². The molecule has 4 nitrogen and oxygen atoms in total. The van der Waals surface area contributed by atoms with E-state index >= 15 is 0 Å². The van der Waals surface area contributed by atoms with E-state index in [2.05, 4.69) is 24.1 Å². The SMILES string of the molecule is CCCCN(CCCC)CCC(C)(NC)C(=O)O. The third kappa shape index (κ3) is 6.36. The molecule has 0 aliphatic carbocycles. The van der Waals surface area contributed by atoms with Gasteiger partial charge in [-0.25, -0.2) is 0 Å². The first-order valence-electron chi connectivity index (χ1n) is 7.14. The molecule has 18 heavy (non-hydrogen) atoms. The maximum atomic E-state index is 11.2. The zero-order valence-electron chi connectivity index (χ0n) is 12.5. The fourth-order valence-corrected chi connectivity index (χ4v) is 1.82. The number of nitrogens with one attached hydrogen (secondary N) is 1. The van der Waals surface area contributed by atoms with Crippen molar-refractivity contribution >= 4 is 5.97 Å². The number of nitrogens with zero attached hydrogens (tertiary/aromatic N) is 1. The summed E-state index contributed by atoms with van der Waals surface area (Å²) in [6.07, 6.45) is 5.39. The standard InChI is InChI=1S/C14H30N2O2/c1-5-7-10-16(11-8-6-2)12-9-14(3,15-4)13(17)18/h15H,5-12H2,1-4H3,(H,17,18). The molecule has 1 atom stereocenters. The van der Waals surface area contributed by atoms with E-state index in [1.807, 2.05) is 0 Å². The molecule has 0 aliphatic heterocycles. The van der Waals surface area contributed by atoms with Crippen LogP contribution >= 0.6 is 0 Å². The van der Waals surface area contributed by atoms with Crippen molar-refractivity contribution in [2.45, 2.75) is 58.4 Å². The van der Waals surface area contributed by atoms with Crippen molar-refractivity contribution < 1.29 is 9.90 Å². The smallest absolute Gasteiger partial charge is 0.323 e. The Morgan fingerprint density at radius 3 is 2.00 bits per heavy atom. The molecule has 0 radical (unpaired) electrons. The highest BCUT2D eigenvalue weighted by Gasteiger charge is 2.31. The Morgan fingerprint density at radius 2 is 1.67 bits per heavy atom. The molecule has 0 aromatic heterocycles. The van der Waals surface area contributed by atoms with Crippen LogP contribution in [0.15, 0.2) is 0 Å². The summed E-state index contributed by atoms with van der Waals surface area (Å²) in [6.45, 7) is 9.14. The number of rotatable bonds is 11. The predicted molar refractivity (Wildman–Crippen MR) is 76.0 cm³/mol. The minimum atomic E-state index is -0.809. The Morgan fingerprint density at radius 1 is 1.17 bits per heavy atom. The molecule has 0 fully saturated rings. The van der Waals surface area contributed by atoms with Crippen LogP contribution in [0, 0.1) is 0 Å². The van der Waals surface area contributed by atoms with Crippen LogP contribution in [0.5, 0.6) is 0 Å². The van der Waals surface area contributed by atoms with Gasteiger partial charge in [0.2, 0.25) is 0 Å². The van der Waals surface area contributed by atoms with Gasteiger partial charge in [-0.05, 0) is 46.3 Å². The van der Waals surface area contributed by atoms with Crippen LogP contribution in [0.25, 0.3) is 0 Å². The number of hydrogen-bond acceptors (Lipinski definition) is 3. The maximum absolute atomic E-state index is 11.2. The van der Waals surface area contributed by atoms with Crippen LogP contribution in [0.3, 0.4) is 0 Å². The molecule has 2 N–H and O–H groups in total. The zero-order valence-corrected chi connectivity index (χ0v) is 12.5. The van der Waals surface area contributed by atoms with Crippen LogP contribution in [-0.2, 0) is 4.79 Å². The van der Waals surface area contributed by atoms with Crippen molar-refractivity contribution in [3.63, 3.8) is 0 Å². The minimum Gasteiger partial charge on any atom is -0.480 e. The van der Waals surface area contributed by atoms with Crippen molar-refractivity contribution in [2.75, 3.05) is 26.7 Å². The Kier molecular flexibility index (Phi) is 9.02. The van der Waals surface area contributed by atoms with Crippen molar-refractivity contribution in [1.29, 1.82) is 0 Å². The van der Waals surface area contributed by atoms with E-state index in [1.54, 1.807) is 14.0 Å². The van der Waals surface area contributed by atoms with Crippen LogP contribution in [0.2, 0.25) is 0 Å². The monoisotopic (exact) mass is 258 g/mol. The zero-order chi connectivity index (χ0) is 14.0. The van der Waals surface area contributed by atoms with Gasteiger partial charge in [0.1, 0.15) is 5.54 Å². The van der Waals surface area contributed by atoms with Crippen LogP contribution in [0.1, 0.15) is 52.9 Å². The predicted octanol–water partition coefficient (Wildman–Crippen LogP) is 2.34. The molecule has 0 aliphatic rings. The molecule has 0 saturated heterocycles. The van der Waals surface area contributed by atoms with Crippen molar-refractivity contribution in [3.8, 4) is 0 Å². The quantitative estimate of drug-likeness (QED) is 0.597. The van der Waals surface area contributed by atoms with Gasteiger partial charge in [-0.15, -0.1) is 0 Å².